The lowest BCUT2D eigenvalue weighted by molar-refractivity contribution is -0.123. The van der Waals surface area contributed by atoms with Crippen molar-refractivity contribution in [3.05, 3.63) is 47.2 Å². The molecule has 0 aliphatic rings. The van der Waals surface area contributed by atoms with Gasteiger partial charge in [-0.2, -0.15) is 5.10 Å². The van der Waals surface area contributed by atoms with Crippen molar-refractivity contribution >= 4 is 22.2 Å². The summed E-state index contributed by atoms with van der Waals surface area (Å²) in [4.78, 5) is 11.6. The summed E-state index contributed by atoms with van der Waals surface area (Å²) in [6, 6.07) is 7.90. The summed E-state index contributed by atoms with van der Waals surface area (Å²) in [5.41, 5.74) is 4.11. The molecule has 1 N–H and O–H groups in total. The Bertz CT molecular complexity index is 870. The molecular weight excluding hydrogens is 336 g/mol. The van der Waals surface area contributed by atoms with Crippen LogP contribution in [0, 0.1) is 13.8 Å². The molecule has 0 bridgehead atoms. The number of amides is 1. The number of hydrogen-bond donors (Lipinski definition) is 1. The van der Waals surface area contributed by atoms with Gasteiger partial charge in [0.25, 0.3) is 5.91 Å². The molecule has 1 aromatic carbocycles. The van der Waals surface area contributed by atoms with Gasteiger partial charge < -0.3 is 13.7 Å². The standard InChI is InChI=1S/C15H16N2O6S/c1-10-3-4-11(2)13(7-10)22-9-14(18)17-16-8-12-5-6-15(23-12)24(19,20)21/h3-8H,9H2,1-2H3,(H,17,18)(H,19,20,21)/p-1. The molecule has 0 radical (unpaired) electrons. The number of nitrogens with one attached hydrogen (secondary N) is 1. The summed E-state index contributed by atoms with van der Waals surface area (Å²) in [6.45, 7) is 3.54. The normalized spacial score (nSPS) is 11.6. The number of carbonyl (C=O) groups is 1. The highest BCUT2D eigenvalue weighted by Gasteiger charge is 2.07. The first-order valence-electron chi connectivity index (χ1n) is 6.83. The van der Waals surface area contributed by atoms with Crippen molar-refractivity contribution in [2.24, 2.45) is 5.10 Å². The molecule has 2 aromatic rings. The third-order valence-corrected chi connectivity index (χ3v) is 3.64. The summed E-state index contributed by atoms with van der Waals surface area (Å²) >= 11 is 0. The van der Waals surface area contributed by atoms with Crippen LogP contribution in [0.1, 0.15) is 16.9 Å². The van der Waals surface area contributed by atoms with Crippen LogP contribution in [0.4, 0.5) is 0 Å². The molecular formula is C15H15N2O6S-. The number of benzene rings is 1. The van der Waals surface area contributed by atoms with Gasteiger partial charge in [0.2, 0.25) is 5.09 Å². The first kappa shape index (κ1) is 17.7. The molecule has 2 rings (SSSR count). The predicted octanol–water partition coefficient (Wildman–Crippen LogP) is 1.33. The van der Waals surface area contributed by atoms with E-state index in [0.717, 1.165) is 23.4 Å². The third kappa shape index (κ3) is 4.93. The zero-order valence-electron chi connectivity index (χ0n) is 13.0. The van der Waals surface area contributed by atoms with Crippen LogP contribution in [0.2, 0.25) is 0 Å². The van der Waals surface area contributed by atoms with Crippen LogP contribution < -0.4 is 10.2 Å². The monoisotopic (exact) mass is 351 g/mol. The number of ether oxygens (including phenoxy) is 1. The second kappa shape index (κ2) is 7.28. The average Bonchev–Trinajstić information content (AvgIpc) is 2.97. The maximum absolute atomic E-state index is 11.6. The number of furan rings is 1. The van der Waals surface area contributed by atoms with Gasteiger partial charge in [0.05, 0.1) is 6.21 Å². The van der Waals surface area contributed by atoms with Gasteiger partial charge in [0.1, 0.15) is 11.5 Å². The minimum Gasteiger partial charge on any atom is -0.742 e. The molecule has 0 aliphatic carbocycles. The first-order valence-corrected chi connectivity index (χ1v) is 8.24. The third-order valence-electron chi connectivity index (χ3n) is 2.93. The summed E-state index contributed by atoms with van der Waals surface area (Å²) in [7, 11) is -4.66. The van der Waals surface area contributed by atoms with Crippen molar-refractivity contribution in [3.63, 3.8) is 0 Å². The van der Waals surface area contributed by atoms with Gasteiger partial charge in [0, 0.05) is 0 Å². The molecule has 0 saturated heterocycles. The number of hydrogen-bond acceptors (Lipinski definition) is 7. The van der Waals surface area contributed by atoms with Crippen LogP contribution in [0.5, 0.6) is 5.75 Å². The summed E-state index contributed by atoms with van der Waals surface area (Å²) in [5, 5.41) is 2.88. The largest absolute Gasteiger partial charge is 0.742 e. The molecule has 24 heavy (non-hydrogen) atoms. The Labute approximate surface area is 138 Å². The quantitative estimate of drug-likeness (QED) is 0.476. The lowest BCUT2D eigenvalue weighted by Gasteiger charge is -2.08. The van der Waals surface area contributed by atoms with Crippen LogP contribution >= 0.6 is 0 Å². The van der Waals surface area contributed by atoms with E-state index in [1.165, 1.54) is 6.07 Å². The van der Waals surface area contributed by atoms with Crippen molar-refractivity contribution in [1.29, 1.82) is 0 Å². The Hall–Kier alpha value is -2.65. The van der Waals surface area contributed by atoms with Gasteiger partial charge in [-0.1, -0.05) is 12.1 Å². The smallest absolute Gasteiger partial charge is 0.277 e. The zero-order chi connectivity index (χ0) is 17.7. The van der Waals surface area contributed by atoms with E-state index in [9.17, 15) is 17.8 Å². The van der Waals surface area contributed by atoms with Crippen molar-refractivity contribution in [2.75, 3.05) is 6.61 Å². The predicted molar refractivity (Wildman–Crippen MR) is 83.8 cm³/mol. The van der Waals surface area contributed by atoms with Crippen LogP contribution in [0.25, 0.3) is 0 Å². The Morgan fingerprint density at radius 3 is 2.75 bits per heavy atom. The van der Waals surface area contributed by atoms with Gasteiger partial charge in [-0.05, 0) is 43.2 Å². The molecule has 1 heterocycles. The van der Waals surface area contributed by atoms with Crippen LogP contribution in [-0.2, 0) is 14.9 Å². The summed E-state index contributed by atoms with van der Waals surface area (Å²) in [5.74, 6) is 0.112. The van der Waals surface area contributed by atoms with E-state index >= 15 is 0 Å². The minimum absolute atomic E-state index is 0.0140. The maximum Gasteiger partial charge on any atom is 0.277 e. The van der Waals surface area contributed by atoms with Crippen molar-refractivity contribution in [3.8, 4) is 5.75 Å². The van der Waals surface area contributed by atoms with Gasteiger partial charge in [0.15, 0.2) is 16.7 Å². The molecule has 0 fully saturated rings. The number of rotatable bonds is 6. The fourth-order valence-electron chi connectivity index (χ4n) is 1.74. The van der Waals surface area contributed by atoms with E-state index < -0.39 is 21.1 Å². The summed E-state index contributed by atoms with van der Waals surface area (Å²) < 4.78 is 42.3. The van der Waals surface area contributed by atoms with Crippen molar-refractivity contribution in [1.82, 2.24) is 5.43 Å². The molecule has 0 atom stereocenters. The second-order valence-corrected chi connectivity index (χ2v) is 6.27. The highest BCUT2D eigenvalue weighted by Crippen LogP contribution is 2.18. The molecule has 128 valence electrons. The molecule has 0 saturated carbocycles. The van der Waals surface area contributed by atoms with Crippen molar-refractivity contribution < 1.29 is 26.9 Å². The topological polar surface area (TPSA) is 121 Å². The second-order valence-electron chi connectivity index (χ2n) is 4.96. The zero-order valence-corrected chi connectivity index (χ0v) is 13.8. The van der Waals surface area contributed by atoms with E-state index in [1.807, 2.05) is 32.0 Å². The highest BCUT2D eigenvalue weighted by molar-refractivity contribution is 7.85. The van der Waals surface area contributed by atoms with Gasteiger partial charge >= 0.3 is 0 Å². The van der Waals surface area contributed by atoms with Crippen molar-refractivity contribution in [2.45, 2.75) is 18.9 Å². The lowest BCUT2D eigenvalue weighted by atomic mass is 10.1. The molecule has 9 heteroatoms. The van der Waals surface area contributed by atoms with Crippen LogP contribution in [-0.4, -0.2) is 31.7 Å². The summed E-state index contributed by atoms with van der Waals surface area (Å²) in [6.07, 6.45) is 1.07. The fourth-order valence-corrected chi connectivity index (χ4v) is 2.18. The van der Waals surface area contributed by atoms with Gasteiger partial charge in [-0.15, -0.1) is 0 Å². The molecule has 1 aromatic heterocycles. The molecule has 1 amide bonds. The Morgan fingerprint density at radius 2 is 2.08 bits per heavy atom. The Morgan fingerprint density at radius 1 is 1.33 bits per heavy atom. The number of hydrazone groups is 1. The first-order chi connectivity index (χ1) is 11.3. The van der Waals surface area contributed by atoms with Crippen LogP contribution in [0.3, 0.4) is 0 Å². The lowest BCUT2D eigenvalue weighted by Crippen LogP contribution is -2.24. The van der Waals surface area contributed by atoms with E-state index in [1.54, 1.807) is 0 Å². The van der Waals surface area contributed by atoms with E-state index in [2.05, 4.69) is 10.5 Å². The molecule has 0 unspecified atom stereocenters. The Kier molecular flexibility index (Phi) is 5.37. The number of carbonyl (C=O) groups excluding carboxylic acids is 1. The maximum atomic E-state index is 11.6. The number of aryl methyl sites for hydroxylation is 2. The van der Waals surface area contributed by atoms with E-state index in [-0.39, 0.29) is 12.4 Å². The van der Waals surface area contributed by atoms with Gasteiger partial charge in [-0.3, -0.25) is 4.79 Å². The van der Waals surface area contributed by atoms with Crippen LogP contribution in [0.15, 0.2) is 44.9 Å². The van der Waals surface area contributed by atoms with Gasteiger partial charge in [-0.25, -0.2) is 13.8 Å². The molecule has 8 nitrogen and oxygen atoms in total. The number of nitrogens with zero attached hydrogens (tertiary/aromatic N) is 1. The van der Waals surface area contributed by atoms with E-state index in [0.29, 0.717) is 5.75 Å². The molecule has 0 aliphatic heterocycles. The van der Waals surface area contributed by atoms with E-state index in [4.69, 9.17) is 9.15 Å². The highest BCUT2D eigenvalue weighted by atomic mass is 32.2. The average molecular weight is 351 g/mol. The SMILES string of the molecule is Cc1ccc(C)c(OCC(=O)NN=Cc2ccc(S(=O)(=O)[O-])o2)c1. The minimum atomic E-state index is -4.66. The molecule has 0 spiro atoms. The fraction of sp³-hybridized carbons (Fsp3) is 0.200. The Balaban J connectivity index is 1.87.